The molecule has 0 saturated heterocycles. The van der Waals surface area contributed by atoms with Crippen LogP contribution in [0.4, 0.5) is 0 Å². The van der Waals surface area contributed by atoms with Gasteiger partial charge in [0.05, 0.1) is 16.9 Å². The van der Waals surface area contributed by atoms with Crippen LogP contribution in [0.2, 0.25) is 0 Å². The van der Waals surface area contributed by atoms with Crippen LogP contribution in [0.3, 0.4) is 0 Å². The Kier molecular flexibility index (Phi) is 5.79. The number of nitrogens with zero attached hydrogens (tertiary/aromatic N) is 3. The number of hydrogen-bond donors (Lipinski definition) is 0. The molecule has 8 rings (SSSR count). The molecule has 0 bridgehead atoms. The molecule has 0 N–H and O–H groups in total. The van der Waals surface area contributed by atoms with E-state index in [9.17, 15) is 0 Å². The normalized spacial score (nSPS) is 11.3. The Morgan fingerprint density at radius 1 is 0.405 bits per heavy atom. The van der Waals surface area contributed by atoms with Gasteiger partial charge in [0.15, 0.2) is 0 Å². The van der Waals surface area contributed by atoms with E-state index in [0.29, 0.717) is 0 Å². The number of aromatic nitrogens is 3. The molecule has 42 heavy (non-hydrogen) atoms. The van der Waals surface area contributed by atoms with E-state index in [2.05, 4.69) is 126 Å². The van der Waals surface area contributed by atoms with E-state index in [4.69, 9.17) is 9.97 Å². The molecule has 0 aliphatic heterocycles. The van der Waals surface area contributed by atoms with E-state index in [1.165, 1.54) is 27.1 Å². The third-order valence-electron chi connectivity index (χ3n) is 7.97. The molecule has 0 unspecified atom stereocenters. The average molecular weight is 536 g/mol. The highest BCUT2D eigenvalue weighted by molar-refractivity contribution is 6.00. The Hall–Kier alpha value is -5.67. The monoisotopic (exact) mass is 535 g/mol. The van der Waals surface area contributed by atoms with Crippen LogP contribution in [-0.2, 0) is 0 Å². The first-order chi connectivity index (χ1) is 20.8. The van der Waals surface area contributed by atoms with Crippen molar-refractivity contribution in [1.82, 2.24) is 15.0 Å². The summed E-state index contributed by atoms with van der Waals surface area (Å²) >= 11 is 0. The van der Waals surface area contributed by atoms with Crippen LogP contribution in [0, 0.1) is 0 Å². The molecule has 3 nitrogen and oxygen atoms in total. The number of fused-ring (bicyclic) bond motifs is 3. The third kappa shape index (κ3) is 4.38. The van der Waals surface area contributed by atoms with Crippen LogP contribution in [-0.4, -0.2) is 15.0 Å². The van der Waals surface area contributed by atoms with Crippen molar-refractivity contribution in [1.29, 1.82) is 0 Å². The molecular formula is C39H25N3. The van der Waals surface area contributed by atoms with Crippen molar-refractivity contribution in [2.75, 3.05) is 0 Å². The molecule has 196 valence electrons. The molecule has 0 atom stereocenters. The van der Waals surface area contributed by atoms with Crippen LogP contribution in [0.15, 0.2) is 152 Å². The average Bonchev–Trinajstić information content (AvgIpc) is 3.07. The minimum absolute atomic E-state index is 0.900. The van der Waals surface area contributed by atoms with E-state index in [1.807, 2.05) is 24.5 Å². The van der Waals surface area contributed by atoms with Gasteiger partial charge in [-0.2, -0.15) is 0 Å². The molecule has 5 aromatic carbocycles. The van der Waals surface area contributed by atoms with Crippen molar-refractivity contribution >= 4 is 32.4 Å². The highest BCUT2D eigenvalue weighted by Gasteiger charge is 2.13. The number of benzene rings is 5. The van der Waals surface area contributed by atoms with Gasteiger partial charge in [-0.3, -0.25) is 9.97 Å². The molecule has 0 radical (unpaired) electrons. The van der Waals surface area contributed by atoms with Crippen LogP contribution in [0.5, 0.6) is 0 Å². The summed E-state index contributed by atoms with van der Waals surface area (Å²) in [6.45, 7) is 0. The van der Waals surface area contributed by atoms with E-state index >= 15 is 0 Å². The highest BCUT2D eigenvalue weighted by atomic mass is 14.7. The van der Waals surface area contributed by atoms with Crippen LogP contribution in [0.1, 0.15) is 0 Å². The summed E-state index contributed by atoms with van der Waals surface area (Å²) in [6, 6.07) is 47.1. The van der Waals surface area contributed by atoms with Gasteiger partial charge in [0, 0.05) is 40.7 Å². The van der Waals surface area contributed by atoms with E-state index in [0.717, 1.165) is 50.1 Å². The minimum Gasteiger partial charge on any atom is -0.264 e. The first-order valence-electron chi connectivity index (χ1n) is 14.1. The number of rotatable bonds is 4. The Balaban J connectivity index is 1.31. The summed E-state index contributed by atoms with van der Waals surface area (Å²) in [5, 5.41) is 5.99. The van der Waals surface area contributed by atoms with Gasteiger partial charge in [-0.25, -0.2) is 4.98 Å². The standard InChI is InChI=1S/C39H25N3/c1-3-8-28-20-30(13-11-26(28)6-1)31-15-18-38-36(22-31)35(33-16-17-37(41-25-33)34-10-5-19-40-24-34)23-39(42-38)32-14-12-27-7-2-4-9-29(27)21-32/h1-25H. The van der Waals surface area contributed by atoms with E-state index in [-0.39, 0.29) is 0 Å². The summed E-state index contributed by atoms with van der Waals surface area (Å²) < 4.78 is 0. The number of hydrogen-bond acceptors (Lipinski definition) is 3. The summed E-state index contributed by atoms with van der Waals surface area (Å²) in [7, 11) is 0. The van der Waals surface area contributed by atoms with Crippen molar-refractivity contribution in [3.05, 3.63) is 152 Å². The SMILES string of the molecule is c1cncc(-c2ccc(-c3cc(-c4ccc5ccccc5c4)nc4ccc(-c5ccc6ccccc6c5)cc34)cn2)c1. The van der Waals surface area contributed by atoms with Gasteiger partial charge in [0.1, 0.15) is 0 Å². The highest BCUT2D eigenvalue weighted by Crippen LogP contribution is 2.36. The van der Waals surface area contributed by atoms with Gasteiger partial charge in [-0.1, -0.05) is 84.9 Å². The first-order valence-corrected chi connectivity index (χ1v) is 14.1. The van der Waals surface area contributed by atoms with E-state index in [1.54, 1.807) is 6.20 Å². The molecule has 0 aliphatic rings. The van der Waals surface area contributed by atoms with Crippen molar-refractivity contribution < 1.29 is 0 Å². The fourth-order valence-corrected chi connectivity index (χ4v) is 5.75. The Labute approximate surface area is 243 Å². The fourth-order valence-electron chi connectivity index (χ4n) is 5.75. The fraction of sp³-hybridized carbons (Fsp3) is 0. The molecule has 0 spiro atoms. The lowest BCUT2D eigenvalue weighted by molar-refractivity contribution is 1.28. The molecule has 0 aliphatic carbocycles. The lowest BCUT2D eigenvalue weighted by Crippen LogP contribution is -1.92. The zero-order chi connectivity index (χ0) is 27.9. The second kappa shape index (κ2) is 10.1. The van der Waals surface area contributed by atoms with Gasteiger partial charge < -0.3 is 0 Å². The topological polar surface area (TPSA) is 38.7 Å². The van der Waals surface area contributed by atoms with Gasteiger partial charge in [-0.15, -0.1) is 0 Å². The zero-order valence-electron chi connectivity index (χ0n) is 22.8. The van der Waals surface area contributed by atoms with Crippen LogP contribution < -0.4 is 0 Å². The minimum atomic E-state index is 0.900. The Morgan fingerprint density at radius 2 is 1.07 bits per heavy atom. The Bertz CT molecular complexity index is 2240. The van der Waals surface area contributed by atoms with Gasteiger partial charge in [0.2, 0.25) is 0 Å². The van der Waals surface area contributed by atoms with Crippen molar-refractivity contribution in [3.8, 4) is 44.8 Å². The quantitative estimate of drug-likeness (QED) is 0.225. The Morgan fingerprint density at radius 3 is 1.79 bits per heavy atom. The number of pyridine rings is 3. The van der Waals surface area contributed by atoms with Gasteiger partial charge >= 0.3 is 0 Å². The second-order valence-corrected chi connectivity index (χ2v) is 10.6. The maximum atomic E-state index is 5.16. The van der Waals surface area contributed by atoms with E-state index < -0.39 is 0 Å². The molecule has 3 heterocycles. The molecule has 8 aromatic rings. The summed E-state index contributed by atoms with van der Waals surface area (Å²) in [4.78, 5) is 14.2. The van der Waals surface area contributed by atoms with Crippen molar-refractivity contribution in [3.63, 3.8) is 0 Å². The predicted molar refractivity (Wildman–Crippen MR) is 174 cm³/mol. The molecule has 3 aromatic heterocycles. The summed E-state index contributed by atoms with van der Waals surface area (Å²) in [5.74, 6) is 0. The third-order valence-corrected chi connectivity index (χ3v) is 7.97. The lowest BCUT2D eigenvalue weighted by Gasteiger charge is -2.13. The van der Waals surface area contributed by atoms with Gasteiger partial charge in [-0.05, 0) is 86.8 Å². The van der Waals surface area contributed by atoms with Crippen LogP contribution >= 0.6 is 0 Å². The van der Waals surface area contributed by atoms with Gasteiger partial charge in [0.25, 0.3) is 0 Å². The maximum Gasteiger partial charge on any atom is 0.0717 e. The van der Waals surface area contributed by atoms with Crippen LogP contribution in [0.25, 0.3) is 77.2 Å². The summed E-state index contributed by atoms with van der Waals surface area (Å²) in [6.07, 6.45) is 5.59. The smallest absolute Gasteiger partial charge is 0.0717 e. The van der Waals surface area contributed by atoms with Crippen molar-refractivity contribution in [2.45, 2.75) is 0 Å². The summed E-state index contributed by atoms with van der Waals surface area (Å²) in [5.41, 5.74) is 9.39. The second-order valence-electron chi connectivity index (χ2n) is 10.6. The largest absolute Gasteiger partial charge is 0.264 e. The molecule has 3 heteroatoms. The zero-order valence-corrected chi connectivity index (χ0v) is 22.8. The molecular weight excluding hydrogens is 510 g/mol. The molecule has 0 amide bonds. The maximum absolute atomic E-state index is 5.16. The molecule has 0 fully saturated rings. The molecule has 0 saturated carbocycles. The van der Waals surface area contributed by atoms with Crippen molar-refractivity contribution in [2.24, 2.45) is 0 Å². The lowest BCUT2D eigenvalue weighted by atomic mass is 9.94. The predicted octanol–water partition coefficient (Wildman–Crippen LogP) is 10.00. The first kappa shape index (κ1) is 24.2.